The summed E-state index contributed by atoms with van der Waals surface area (Å²) in [5.41, 5.74) is 2.28. The van der Waals surface area contributed by atoms with Crippen LogP contribution in [0.25, 0.3) is 0 Å². The van der Waals surface area contributed by atoms with Crippen LogP contribution in [0.1, 0.15) is 39.5 Å². The highest BCUT2D eigenvalue weighted by Crippen LogP contribution is 2.19. The van der Waals surface area contributed by atoms with Crippen molar-refractivity contribution in [2.24, 2.45) is 11.8 Å². The summed E-state index contributed by atoms with van der Waals surface area (Å²) in [4.78, 5) is 13.9. The predicted octanol–water partition coefficient (Wildman–Crippen LogP) is 0.877. The Bertz CT molecular complexity index is 208. The molecule has 1 aliphatic rings. The van der Waals surface area contributed by atoms with Gasteiger partial charge in [0.25, 0.3) is 5.91 Å². The summed E-state index contributed by atoms with van der Waals surface area (Å²) >= 11 is 0. The highest BCUT2D eigenvalue weighted by molar-refractivity contribution is 5.81. The minimum absolute atomic E-state index is 0.0252. The number of nitrogens with two attached hydrogens (primary N) is 1. The third-order valence-corrected chi connectivity index (χ3v) is 3.14. The van der Waals surface area contributed by atoms with Crippen molar-refractivity contribution in [1.82, 2.24) is 10.3 Å². The summed E-state index contributed by atoms with van der Waals surface area (Å²) in [6, 6.07) is -0.0252. The molecule has 0 saturated carbocycles. The number of piperidine rings is 1. The van der Waals surface area contributed by atoms with E-state index in [1.165, 1.54) is 12.8 Å². The van der Waals surface area contributed by atoms with Crippen molar-refractivity contribution < 1.29 is 4.79 Å². The van der Waals surface area contributed by atoms with Gasteiger partial charge in [-0.1, -0.05) is 20.3 Å². The van der Waals surface area contributed by atoms with Gasteiger partial charge in [0.1, 0.15) is 0 Å². The number of nitrogens with zero attached hydrogens (tertiary/aromatic N) is 1. The first-order valence-electron chi connectivity index (χ1n) is 5.93. The van der Waals surface area contributed by atoms with E-state index in [1.54, 1.807) is 0 Å². The molecular weight excluding hydrogens is 190 g/mol. The number of carbonyl (C=O) groups excluding carboxylic acids is 1. The average molecular weight is 213 g/mol. The molecule has 4 heteroatoms. The van der Waals surface area contributed by atoms with Crippen molar-refractivity contribution in [1.29, 1.82) is 0 Å². The first-order chi connectivity index (χ1) is 7.19. The van der Waals surface area contributed by atoms with Gasteiger partial charge >= 0.3 is 0 Å². The molecule has 2 atom stereocenters. The van der Waals surface area contributed by atoms with E-state index in [2.05, 4.69) is 24.2 Å². The molecule has 1 fully saturated rings. The van der Waals surface area contributed by atoms with Crippen LogP contribution in [0.3, 0.4) is 0 Å². The molecule has 2 unspecified atom stereocenters. The van der Waals surface area contributed by atoms with Gasteiger partial charge in [-0.3, -0.25) is 15.1 Å². The number of hydrogen-bond donors (Lipinski definition) is 2. The van der Waals surface area contributed by atoms with Gasteiger partial charge in [-0.15, -0.1) is 0 Å². The molecular formula is C11H23N3O. The maximum atomic E-state index is 11.6. The van der Waals surface area contributed by atoms with Gasteiger partial charge in [0.2, 0.25) is 0 Å². The summed E-state index contributed by atoms with van der Waals surface area (Å²) in [6.45, 7) is 6.40. The molecule has 1 saturated heterocycles. The number of likely N-dealkylation sites (tertiary alicyclic amines) is 1. The summed E-state index contributed by atoms with van der Waals surface area (Å²) in [5, 5.41) is 0. The van der Waals surface area contributed by atoms with E-state index < -0.39 is 0 Å². The minimum Gasteiger partial charge on any atom is -0.293 e. The number of nitrogens with one attached hydrogen (secondary N) is 1. The fourth-order valence-corrected chi connectivity index (χ4v) is 2.36. The fraction of sp³-hybridized carbons (Fsp3) is 0.909. The third kappa shape index (κ3) is 3.47. The summed E-state index contributed by atoms with van der Waals surface area (Å²) in [5.74, 6) is 5.88. The van der Waals surface area contributed by atoms with Crippen LogP contribution in [-0.4, -0.2) is 29.9 Å². The van der Waals surface area contributed by atoms with Gasteiger partial charge in [-0.25, -0.2) is 5.84 Å². The fourth-order valence-electron chi connectivity index (χ4n) is 2.36. The molecule has 1 rings (SSSR count). The molecule has 0 aromatic rings. The van der Waals surface area contributed by atoms with Crippen molar-refractivity contribution >= 4 is 5.91 Å². The topological polar surface area (TPSA) is 58.4 Å². The second kappa shape index (κ2) is 6.08. The van der Waals surface area contributed by atoms with Crippen LogP contribution in [0.15, 0.2) is 0 Å². The second-order valence-electron chi connectivity index (χ2n) is 4.56. The van der Waals surface area contributed by atoms with Gasteiger partial charge in [-0.2, -0.15) is 0 Å². The SMILES string of the molecule is CCCC(C(=O)NN)N1CCCC(C)C1. The summed E-state index contributed by atoms with van der Waals surface area (Å²) in [6.07, 6.45) is 4.39. The zero-order valence-corrected chi connectivity index (χ0v) is 9.83. The largest absolute Gasteiger partial charge is 0.293 e. The Hall–Kier alpha value is -0.610. The molecule has 3 N–H and O–H groups in total. The first-order valence-corrected chi connectivity index (χ1v) is 5.93. The van der Waals surface area contributed by atoms with Gasteiger partial charge in [0.15, 0.2) is 0 Å². The van der Waals surface area contributed by atoms with Crippen LogP contribution in [0, 0.1) is 5.92 Å². The molecule has 0 radical (unpaired) electrons. The standard InChI is InChI=1S/C11H23N3O/c1-3-5-10(11(15)13-12)14-7-4-6-9(2)8-14/h9-10H,3-8,12H2,1-2H3,(H,13,15). The van der Waals surface area contributed by atoms with E-state index in [1.807, 2.05) is 0 Å². The Morgan fingerprint density at radius 3 is 2.93 bits per heavy atom. The van der Waals surface area contributed by atoms with Gasteiger partial charge in [0.05, 0.1) is 6.04 Å². The number of amides is 1. The normalized spacial score (nSPS) is 24.9. The maximum Gasteiger partial charge on any atom is 0.251 e. The number of rotatable bonds is 4. The highest BCUT2D eigenvalue weighted by atomic mass is 16.2. The maximum absolute atomic E-state index is 11.6. The van der Waals surface area contributed by atoms with E-state index >= 15 is 0 Å². The lowest BCUT2D eigenvalue weighted by Gasteiger charge is -2.36. The molecule has 0 aliphatic carbocycles. The summed E-state index contributed by atoms with van der Waals surface area (Å²) in [7, 11) is 0. The highest BCUT2D eigenvalue weighted by Gasteiger charge is 2.27. The first kappa shape index (κ1) is 12.5. The summed E-state index contributed by atoms with van der Waals surface area (Å²) < 4.78 is 0. The lowest BCUT2D eigenvalue weighted by Crippen LogP contribution is -2.51. The molecule has 0 aromatic carbocycles. The van der Waals surface area contributed by atoms with Gasteiger partial charge in [0, 0.05) is 6.54 Å². The minimum atomic E-state index is -0.0362. The lowest BCUT2D eigenvalue weighted by atomic mass is 9.97. The molecule has 0 spiro atoms. The van der Waals surface area contributed by atoms with Crippen molar-refractivity contribution in [3.8, 4) is 0 Å². The molecule has 15 heavy (non-hydrogen) atoms. The van der Waals surface area contributed by atoms with Crippen LogP contribution in [-0.2, 0) is 4.79 Å². The van der Waals surface area contributed by atoms with Crippen LogP contribution >= 0.6 is 0 Å². The van der Waals surface area contributed by atoms with E-state index in [9.17, 15) is 4.79 Å². The molecule has 1 heterocycles. The van der Waals surface area contributed by atoms with Crippen LogP contribution in [0.2, 0.25) is 0 Å². The monoisotopic (exact) mass is 213 g/mol. The van der Waals surface area contributed by atoms with Crippen LogP contribution < -0.4 is 11.3 Å². The molecule has 0 aromatic heterocycles. The van der Waals surface area contributed by atoms with Gasteiger partial charge in [-0.05, 0) is 31.7 Å². The Kier molecular flexibility index (Phi) is 5.05. The number of hydrogen-bond acceptors (Lipinski definition) is 3. The Morgan fingerprint density at radius 2 is 2.40 bits per heavy atom. The van der Waals surface area contributed by atoms with E-state index in [-0.39, 0.29) is 11.9 Å². The van der Waals surface area contributed by atoms with Crippen LogP contribution in [0.5, 0.6) is 0 Å². The van der Waals surface area contributed by atoms with Crippen molar-refractivity contribution in [2.45, 2.75) is 45.6 Å². The van der Waals surface area contributed by atoms with Crippen molar-refractivity contribution in [2.75, 3.05) is 13.1 Å². The predicted molar refractivity (Wildman–Crippen MR) is 61.0 cm³/mol. The van der Waals surface area contributed by atoms with Crippen molar-refractivity contribution in [3.63, 3.8) is 0 Å². The zero-order chi connectivity index (χ0) is 11.3. The Balaban J connectivity index is 2.57. The smallest absolute Gasteiger partial charge is 0.251 e. The number of carbonyl (C=O) groups is 1. The molecule has 88 valence electrons. The van der Waals surface area contributed by atoms with E-state index in [0.29, 0.717) is 5.92 Å². The molecule has 4 nitrogen and oxygen atoms in total. The molecule has 0 bridgehead atoms. The second-order valence-corrected chi connectivity index (χ2v) is 4.56. The van der Waals surface area contributed by atoms with Crippen molar-refractivity contribution in [3.05, 3.63) is 0 Å². The zero-order valence-electron chi connectivity index (χ0n) is 9.83. The van der Waals surface area contributed by atoms with Crippen LogP contribution in [0.4, 0.5) is 0 Å². The van der Waals surface area contributed by atoms with E-state index in [0.717, 1.165) is 25.9 Å². The Morgan fingerprint density at radius 1 is 1.67 bits per heavy atom. The quantitative estimate of drug-likeness (QED) is 0.414. The van der Waals surface area contributed by atoms with E-state index in [4.69, 9.17) is 5.84 Å². The number of hydrazine groups is 1. The molecule has 1 aliphatic heterocycles. The van der Waals surface area contributed by atoms with Gasteiger partial charge < -0.3 is 0 Å². The third-order valence-electron chi connectivity index (χ3n) is 3.14. The molecule has 1 amide bonds. The lowest BCUT2D eigenvalue weighted by molar-refractivity contribution is -0.127. The average Bonchev–Trinajstić information content (AvgIpc) is 2.25. The Labute approximate surface area is 92.2 Å².